The number of benzene rings is 2. The van der Waals surface area contributed by atoms with Crippen LogP contribution in [0.25, 0.3) is 0 Å². The van der Waals surface area contributed by atoms with Gasteiger partial charge in [0.05, 0.1) is 6.04 Å². The fraction of sp³-hybridized carbons (Fsp3) is 0.300. The van der Waals surface area contributed by atoms with Crippen LogP contribution >= 0.6 is 23.2 Å². The molecule has 0 radical (unpaired) electrons. The van der Waals surface area contributed by atoms with E-state index in [0.29, 0.717) is 0 Å². The Bertz CT molecular complexity index is 1270. The molecule has 0 saturated heterocycles. The van der Waals surface area contributed by atoms with Crippen LogP contribution in [0.15, 0.2) is 85.0 Å². The number of hydrogen-bond donors (Lipinski definition) is 2. The fourth-order valence-electron chi connectivity index (χ4n) is 3.67. The zero-order valence-electron chi connectivity index (χ0n) is 22.7. The van der Waals surface area contributed by atoms with Crippen molar-refractivity contribution in [2.45, 2.75) is 51.6 Å². The molecule has 0 fully saturated rings. The molecule has 0 saturated carbocycles. The van der Waals surface area contributed by atoms with Crippen molar-refractivity contribution in [3.8, 4) is 5.75 Å². The van der Waals surface area contributed by atoms with Gasteiger partial charge in [0, 0.05) is 16.5 Å². The molecule has 0 heterocycles. The van der Waals surface area contributed by atoms with E-state index in [0.717, 1.165) is 5.56 Å². The van der Waals surface area contributed by atoms with Crippen LogP contribution in [0.5, 0.6) is 5.75 Å². The first-order valence-electron chi connectivity index (χ1n) is 12.6. The predicted molar refractivity (Wildman–Crippen MR) is 154 cm³/mol. The van der Waals surface area contributed by atoms with E-state index in [9.17, 15) is 27.6 Å². The summed E-state index contributed by atoms with van der Waals surface area (Å²) in [6.07, 6.45) is -0.0211. The minimum Gasteiger partial charge on any atom is -0.480 e. The van der Waals surface area contributed by atoms with E-state index in [2.05, 4.69) is 17.2 Å². The molecular weight excluding hydrogens is 580 g/mol. The second-order valence-electron chi connectivity index (χ2n) is 9.40. The quantitative estimate of drug-likeness (QED) is 0.256. The number of carbonyl (C=O) groups is 3. The molecule has 2 N–H and O–H groups in total. The molecule has 3 atom stereocenters. The van der Waals surface area contributed by atoms with Crippen molar-refractivity contribution < 1.29 is 32.3 Å². The summed E-state index contributed by atoms with van der Waals surface area (Å²) in [5.41, 5.74) is 0.782. The summed E-state index contributed by atoms with van der Waals surface area (Å²) in [7, 11) is 0. The smallest absolute Gasteiger partial charge is 0.452 e. The minimum absolute atomic E-state index is 0.0557. The van der Waals surface area contributed by atoms with Crippen LogP contribution in [0.2, 0.25) is 10.0 Å². The number of alkyl halides is 3. The Hall–Kier alpha value is -3.56. The van der Waals surface area contributed by atoms with Crippen LogP contribution in [-0.2, 0) is 20.8 Å². The minimum atomic E-state index is -5.17. The first-order chi connectivity index (χ1) is 19.2. The zero-order valence-corrected chi connectivity index (χ0v) is 24.2. The van der Waals surface area contributed by atoms with Gasteiger partial charge in [0.15, 0.2) is 6.10 Å². The first kappa shape index (κ1) is 33.6. The zero-order chi connectivity index (χ0) is 30.7. The molecule has 2 aromatic rings. The number of amides is 2. The Balaban J connectivity index is 2.42. The van der Waals surface area contributed by atoms with Crippen molar-refractivity contribution in [2.24, 2.45) is 5.92 Å². The van der Waals surface area contributed by atoms with Crippen molar-refractivity contribution in [3.05, 3.63) is 101 Å². The molecular formula is C30H31Cl2F3N2O4. The average Bonchev–Trinajstić information content (AvgIpc) is 2.88. The maximum Gasteiger partial charge on any atom is 0.452 e. The number of Topliss-reactive ketones (excluding diaryl/α,β-unsaturated/α-hetero) is 1. The van der Waals surface area contributed by atoms with Crippen LogP contribution in [-0.4, -0.2) is 42.0 Å². The van der Waals surface area contributed by atoms with E-state index in [1.165, 1.54) is 38.1 Å². The second kappa shape index (κ2) is 15.4. The van der Waals surface area contributed by atoms with E-state index in [4.69, 9.17) is 27.9 Å². The Morgan fingerprint density at radius 1 is 0.976 bits per heavy atom. The molecule has 2 amide bonds. The van der Waals surface area contributed by atoms with Gasteiger partial charge in [-0.05, 0) is 42.2 Å². The molecule has 6 nitrogen and oxygen atoms in total. The number of ketones is 1. The monoisotopic (exact) mass is 610 g/mol. The summed E-state index contributed by atoms with van der Waals surface area (Å²) in [5, 5.41) is 5.20. The topological polar surface area (TPSA) is 84.5 Å². The number of nitrogens with one attached hydrogen (secondary N) is 2. The lowest BCUT2D eigenvalue weighted by atomic mass is 9.98. The maximum absolute atomic E-state index is 13.6. The average molecular weight is 611 g/mol. The number of carbonyl (C=O) groups excluding carboxylic acids is 3. The Labute approximate surface area is 247 Å². The summed E-state index contributed by atoms with van der Waals surface area (Å²) in [6.45, 7) is 8.30. The number of hydrogen-bond acceptors (Lipinski definition) is 4. The summed E-state index contributed by atoms with van der Waals surface area (Å²) in [6, 6.07) is 9.87. The summed E-state index contributed by atoms with van der Waals surface area (Å²) in [5.74, 6) is -4.63. The number of allylic oxidation sites excluding steroid dienone is 3. The summed E-state index contributed by atoms with van der Waals surface area (Å²) < 4.78 is 45.6. The third kappa shape index (κ3) is 10.7. The molecule has 11 heteroatoms. The number of rotatable bonds is 13. The standard InChI is InChI=1S/C30H31Cl2F3N2O4/c1-5-6-8-11-19(4)26(29(40)36-25(18(2)3)27(38)30(33,34)35)37-28(39)24(14-20-12-9-7-10-13-20)41-23-16-21(31)15-22(32)17-23/h5-13,15-18,24-26H,4,14H2,1-3H3,(H,36,40)(H,37,39)/b6-5-,11-8-/t24-,25+,26+/m1/s1. The van der Waals surface area contributed by atoms with Crippen molar-refractivity contribution in [2.75, 3.05) is 0 Å². The second-order valence-corrected chi connectivity index (χ2v) is 10.3. The third-order valence-corrected chi connectivity index (χ3v) is 6.17. The molecule has 0 aliphatic rings. The van der Waals surface area contributed by atoms with E-state index >= 15 is 0 Å². The third-order valence-electron chi connectivity index (χ3n) is 5.73. The lowest BCUT2D eigenvalue weighted by Gasteiger charge is -2.27. The number of ether oxygens (including phenoxy) is 1. The van der Waals surface area contributed by atoms with Gasteiger partial charge >= 0.3 is 6.18 Å². The van der Waals surface area contributed by atoms with Gasteiger partial charge in [-0.15, -0.1) is 0 Å². The molecule has 41 heavy (non-hydrogen) atoms. The van der Waals surface area contributed by atoms with Crippen LogP contribution < -0.4 is 15.4 Å². The molecule has 2 aromatic carbocycles. The largest absolute Gasteiger partial charge is 0.480 e. The van der Waals surface area contributed by atoms with Crippen molar-refractivity contribution in [1.82, 2.24) is 10.6 Å². The molecule has 220 valence electrons. The molecule has 2 rings (SSSR count). The van der Waals surface area contributed by atoms with Gasteiger partial charge in [0.1, 0.15) is 11.8 Å². The lowest BCUT2D eigenvalue weighted by Crippen LogP contribution is -2.57. The Kier molecular flexibility index (Phi) is 12.7. The lowest BCUT2D eigenvalue weighted by molar-refractivity contribution is -0.175. The summed E-state index contributed by atoms with van der Waals surface area (Å²) in [4.78, 5) is 38.9. The highest BCUT2D eigenvalue weighted by atomic mass is 35.5. The van der Waals surface area contributed by atoms with Crippen molar-refractivity contribution in [3.63, 3.8) is 0 Å². The maximum atomic E-state index is 13.6. The van der Waals surface area contributed by atoms with E-state index in [1.54, 1.807) is 55.5 Å². The Morgan fingerprint density at radius 2 is 1.59 bits per heavy atom. The first-order valence-corrected chi connectivity index (χ1v) is 13.3. The van der Waals surface area contributed by atoms with Gasteiger partial charge in [-0.25, -0.2) is 0 Å². The van der Waals surface area contributed by atoms with Gasteiger partial charge in [-0.3, -0.25) is 14.4 Å². The van der Waals surface area contributed by atoms with Crippen molar-refractivity contribution in [1.29, 1.82) is 0 Å². The van der Waals surface area contributed by atoms with Crippen LogP contribution in [0, 0.1) is 5.92 Å². The normalized spacial score (nSPS) is 14.1. The van der Waals surface area contributed by atoms with Gasteiger partial charge in [0.25, 0.3) is 11.7 Å². The van der Waals surface area contributed by atoms with Gasteiger partial charge < -0.3 is 15.4 Å². The van der Waals surface area contributed by atoms with Gasteiger partial charge in [-0.1, -0.05) is 98.3 Å². The van der Waals surface area contributed by atoms with Gasteiger partial charge in [-0.2, -0.15) is 13.2 Å². The highest BCUT2D eigenvalue weighted by Crippen LogP contribution is 2.26. The predicted octanol–water partition coefficient (Wildman–Crippen LogP) is 6.43. The van der Waals surface area contributed by atoms with Crippen molar-refractivity contribution >= 4 is 40.8 Å². The SMILES string of the molecule is C=C(/C=C\C=C/C)[C@H](NC(=O)[C@@H](Cc1ccccc1)Oc1cc(Cl)cc(Cl)c1)C(=O)N[C@H](C(=O)C(F)(F)F)C(C)C. The highest BCUT2D eigenvalue weighted by molar-refractivity contribution is 6.34. The van der Waals surface area contributed by atoms with Crippen LogP contribution in [0.4, 0.5) is 13.2 Å². The molecule has 0 aromatic heterocycles. The molecule has 0 aliphatic carbocycles. The van der Waals surface area contributed by atoms with Crippen LogP contribution in [0.3, 0.4) is 0 Å². The summed E-state index contributed by atoms with van der Waals surface area (Å²) >= 11 is 12.2. The van der Waals surface area contributed by atoms with E-state index in [-0.39, 0.29) is 27.8 Å². The molecule has 0 bridgehead atoms. The molecule has 0 aliphatic heterocycles. The Morgan fingerprint density at radius 3 is 2.12 bits per heavy atom. The van der Waals surface area contributed by atoms with E-state index in [1.807, 2.05) is 0 Å². The van der Waals surface area contributed by atoms with Gasteiger partial charge in [0.2, 0.25) is 5.91 Å². The fourth-order valence-corrected chi connectivity index (χ4v) is 4.18. The molecule has 0 unspecified atom stereocenters. The van der Waals surface area contributed by atoms with E-state index < -0.39 is 47.9 Å². The number of halogens is 5. The molecule has 0 spiro atoms. The van der Waals surface area contributed by atoms with Crippen LogP contribution in [0.1, 0.15) is 26.3 Å². The highest BCUT2D eigenvalue weighted by Gasteiger charge is 2.45.